The topological polar surface area (TPSA) is 12.9 Å². The molecule has 0 bridgehead atoms. The predicted octanol–water partition coefficient (Wildman–Crippen LogP) is 3.25. The molecule has 0 N–H and O–H groups in total. The van der Waals surface area contributed by atoms with E-state index in [0.29, 0.717) is 5.52 Å². The van der Waals surface area contributed by atoms with Crippen LogP contribution in [0, 0.1) is 5.82 Å². The van der Waals surface area contributed by atoms with Crippen LogP contribution >= 0.6 is 0 Å². The van der Waals surface area contributed by atoms with Gasteiger partial charge in [-0.25, -0.2) is 9.37 Å². The average molecular weight is 201 g/mol. The van der Waals surface area contributed by atoms with Crippen molar-refractivity contribution in [2.45, 2.75) is 25.7 Å². The summed E-state index contributed by atoms with van der Waals surface area (Å²) >= 11 is 0. The molecular weight excluding hydrogens is 189 g/mol. The van der Waals surface area contributed by atoms with Gasteiger partial charge in [0.1, 0.15) is 11.3 Å². The van der Waals surface area contributed by atoms with Crippen LogP contribution in [-0.2, 0) is 12.8 Å². The zero-order valence-electron chi connectivity index (χ0n) is 8.46. The lowest BCUT2D eigenvalue weighted by molar-refractivity contribution is 0.632. The molecule has 2 heteroatoms. The largest absolute Gasteiger partial charge is 0.249 e. The van der Waals surface area contributed by atoms with Crippen LogP contribution in [0.5, 0.6) is 0 Å². The maximum Gasteiger partial charge on any atom is 0.149 e. The van der Waals surface area contributed by atoms with Gasteiger partial charge < -0.3 is 0 Å². The van der Waals surface area contributed by atoms with Gasteiger partial charge in [-0.2, -0.15) is 0 Å². The van der Waals surface area contributed by atoms with E-state index in [1.807, 2.05) is 6.07 Å². The minimum atomic E-state index is -0.208. The van der Waals surface area contributed by atoms with Crippen molar-refractivity contribution >= 4 is 10.9 Å². The standard InChI is InChI=1S/C13H12FN/c14-11-6-3-5-10-8-9-4-1-2-7-12(9)15-13(10)11/h3,5-6,8H,1-2,4,7H2. The molecule has 0 aliphatic heterocycles. The molecule has 0 radical (unpaired) electrons. The van der Waals surface area contributed by atoms with Crippen LogP contribution in [0.3, 0.4) is 0 Å². The van der Waals surface area contributed by atoms with E-state index in [9.17, 15) is 4.39 Å². The Labute approximate surface area is 88.0 Å². The minimum absolute atomic E-state index is 0.208. The smallest absolute Gasteiger partial charge is 0.149 e. The second kappa shape index (κ2) is 3.30. The lowest BCUT2D eigenvalue weighted by Crippen LogP contribution is -2.05. The van der Waals surface area contributed by atoms with Crippen LogP contribution in [0.2, 0.25) is 0 Å². The fourth-order valence-corrected chi connectivity index (χ4v) is 2.29. The molecule has 0 saturated heterocycles. The van der Waals surface area contributed by atoms with Crippen molar-refractivity contribution in [2.24, 2.45) is 0 Å². The summed E-state index contributed by atoms with van der Waals surface area (Å²) in [6, 6.07) is 7.25. The van der Waals surface area contributed by atoms with E-state index in [-0.39, 0.29) is 5.82 Å². The van der Waals surface area contributed by atoms with Crippen molar-refractivity contribution in [1.82, 2.24) is 4.98 Å². The van der Waals surface area contributed by atoms with Gasteiger partial charge in [0.05, 0.1) is 0 Å². The third-order valence-corrected chi connectivity index (χ3v) is 3.07. The molecule has 15 heavy (non-hydrogen) atoms. The molecule has 0 unspecified atom stereocenters. The Balaban J connectivity index is 2.31. The number of rotatable bonds is 0. The highest BCUT2D eigenvalue weighted by molar-refractivity contribution is 5.80. The van der Waals surface area contributed by atoms with Crippen molar-refractivity contribution in [2.75, 3.05) is 0 Å². The van der Waals surface area contributed by atoms with E-state index in [0.717, 1.165) is 23.9 Å². The van der Waals surface area contributed by atoms with Crippen LogP contribution in [0.4, 0.5) is 4.39 Å². The van der Waals surface area contributed by atoms with Gasteiger partial charge in [-0.15, -0.1) is 0 Å². The lowest BCUT2D eigenvalue weighted by atomic mass is 9.95. The molecule has 76 valence electrons. The summed E-state index contributed by atoms with van der Waals surface area (Å²) in [6.45, 7) is 0. The van der Waals surface area contributed by atoms with Crippen molar-refractivity contribution in [3.63, 3.8) is 0 Å². The number of para-hydroxylation sites is 1. The minimum Gasteiger partial charge on any atom is -0.249 e. The summed E-state index contributed by atoms with van der Waals surface area (Å²) in [7, 11) is 0. The van der Waals surface area contributed by atoms with Gasteiger partial charge in [-0.05, 0) is 43.4 Å². The first-order chi connectivity index (χ1) is 7.34. The molecule has 1 aliphatic carbocycles. The normalized spacial score (nSPS) is 15.3. The molecule has 1 heterocycles. The van der Waals surface area contributed by atoms with Crippen molar-refractivity contribution in [3.8, 4) is 0 Å². The van der Waals surface area contributed by atoms with Crippen LogP contribution < -0.4 is 0 Å². The molecule has 1 aliphatic rings. The van der Waals surface area contributed by atoms with Crippen molar-refractivity contribution in [3.05, 3.63) is 41.3 Å². The molecule has 0 saturated carbocycles. The molecule has 3 rings (SSSR count). The van der Waals surface area contributed by atoms with Crippen LogP contribution in [0.1, 0.15) is 24.1 Å². The van der Waals surface area contributed by atoms with Gasteiger partial charge in [0.25, 0.3) is 0 Å². The molecule has 0 spiro atoms. The van der Waals surface area contributed by atoms with E-state index in [4.69, 9.17) is 0 Å². The van der Waals surface area contributed by atoms with Gasteiger partial charge in [-0.1, -0.05) is 12.1 Å². The number of fused-ring (bicyclic) bond motifs is 2. The Kier molecular flexibility index (Phi) is 1.94. The highest BCUT2D eigenvalue weighted by Crippen LogP contribution is 2.24. The summed E-state index contributed by atoms with van der Waals surface area (Å²) in [4.78, 5) is 4.44. The van der Waals surface area contributed by atoms with E-state index >= 15 is 0 Å². The van der Waals surface area contributed by atoms with E-state index in [1.165, 1.54) is 24.5 Å². The quantitative estimate of drug-likeness (QED) is 0.637. The maximum atomic E-state index is 13.5. The van der Waals surface area contributed by atoms with Crippen LogP contribution in [0.15, 0.2) is 24.3 Å². The molecule has 1 aromatic carbocycles. The second-order valence-electron chi connectivity index (χ2n) is 4.11. The molecule has 0 atom stereocenters. The monoisotopic (exact) mass is 201 g/mol. The number of hydrogen-bond acceptors (Lipinski definition) is 1. The van der Waals surface area contributed by atoms with Gasteiger partial charge in [0.2, 0.25) is 0 Å². The van der Waals surface area contributed by atoms with E-state index in [1.54, 1.807) is 6.07 Å². The second-order valence-corrected chi connectivity index (χ2v) is 4.11. The summed E-state index contributed by atoms with van der Waals surface area (Å²) in [5.41, 5.74) is 2.93. The van der Waals surface area contributed by atoms with Gasteiger partial charge in [-0.3, -0.25) is 0 Å². The van der Waals surface area contributed by atoms with Gasteiger partial charge >= 0.3 is 0 Å². The van der Waals surface area contributed by atoms with Crippen LogP contribution in [-0.4, -0.2) is 4.98 Å². The number of aromatic nitrogens is 1. The number of aryl methyl sites for hydroxylation is 2. The number of hydrogen-bond donors (Lipinski definition) is 0. The fourth-order valence-electron chi connectivity index (χ4n) is 2.29. The molecule has 1 aromatic heterocycles. The van der Waals surface area contributed by atoms with Crippen molar-refractivity contribution < 1.29 is 4.39 Å². The molecule has 2 aromatic rings. The molecular formula is C13H12FN. The third-order valence-electron chi connectivity index (χ3n) is 3.07. The first kappa shape index (κ1) is 8.84. The first-order valence-corrected chi connectivity index (χ1v) is 5.41. The first-order valence-electron chi connectivity index (χ1n) is 5.41. The molecule has 0 amide bonds. The maximum absolute atomic E-state index is 13.5. The number of halogens is 1. The summed E-state index contributed by atoms with van der Waals surface area (Å²) in [5, 5.41) is 0.927. The predicted molar refractivity (Wildman–Crippen MR) is 58.3 cm³/mol. The molecule has 0 fully saturated rings. The Morgan fingerprint density at radius 2 is 2.00 bits per heavy atom. The fraction of sp³-hybridized carbons (Fsp3) is 0.308. The molecule has 1 nitrogen and oxygen atoms in total. The van der Waals surface area contributed by atoms with Gasteiger partial charge in [0.15, 0.2) is 0 Å². The summed E-state index contributed by atoms with van der Waals surface area (Å²) in [6.07, 6.45) is 4.50. The summed E-state index contributed by atoms with van der Waals surface area (Å²) in [5.74, 6) is -0.208. The van der Waals surface area contributed by atoms with E-state index in [2.05, 4.69) is 11.1 Å². The Morgan fingerprint density at radius 3 is 2.93 bits per heavy atom. The SMILES string of the molecule is Fc1cccc2cc3c(nc12)CCCC3. The highest BCUT2D eigenvalue weighted by atomic mass is 19.1. The van der Waals surface area contributed by atoms with E-state index < -0.39 is 0 Å². The number of nitrogens with zero attached hydrogens (tertiary/aromatic N) is 1. The zero-order valence-corrected chi connectivity index (χ0v) is 8.46. The third kappa shape index (κ3) is 1.41. The summed E-state index contributed by atoms with van der Waals surface area (Å²) < 4.78 is 13.5. The Bertz CT molecular complexity index is 519. The Morgan fingerprint density at radius 1 is 1.13 bits per heavy atom. The number of benzene rings is 1. The Hall–Kier alpha value is -1.44. The average Bonchev–Trinajstić information content (AvgIpc) is 2.27. The van der Waals surface area contributed by atoms with Crippen LogP contribution in [0.25, 0.3) is 10.9 Å². The van der Waals surface area contributed by atoms with Crippen molar-refractivity contribution in [1.29, 1.82) is 0 Å². The lowest BCUT2D eigenvalue weighted by Gasteiger charge is -2.15. The van der Waals surface area contributed by atoms with Gasteiger partial charge in [0, 0.05) is 11.1 Å². The zero-order chi connectivity index (χ0) is 10.3. The highest BCUT2D eigenvalue weighted by Gasteiger charge is 2.12. The number of pyridine rings is 1.